The fourth-order valence-corrected chi connectivity index (χ4v) is 4.20. The minimum Gasteiger partial charge on any atom is -0.338 e. The van der Waals surface area contributed by atoms with Crippen LogP contribution in [0.2, 0.25) is 0 Å². The van der Waals surface area contributed by atoms with Gasteiger partial charge in [0, 0.05) is 42.7 Å². The van der Waals surface area contributed by atoms with Crippen LogP contribution in [0.1, 0.15) is 39.8 Å². The molecule has 1 aliphatic heterocycles. The molecule has 6 nitrogen and oxygen atoms in total. The first kappa shape index (κ1) is 15.3. The molecule has 3 aromatic rings. The molecule has 1 aromatic carbocycles. The smallest absolute Gasteiger partial charge is 0.253 e. The summed E-state index contributed by atoms with van der Waals surface area (Å²) in [5.74, 6) is 0.419. The van der Waals surface area contributed by atoms with Crippen molar-refractivity contribution in [1.29, 1.82) is 0 Å². The number of thiazole rings is 1. The SMILES string of the molecule is Cc1csc(C2CCCN(C(=O)c3ccc4c(c3)nnn4C)C2)n1. The van der Waals surface area contributed by atoms with Gasteiger partial charge in [0.25, 0.3) is 5.91 Å². The number of hydrogen-bond acceptors (Lipinski definition) is 5. The van der Waals surface area contributed by atoms with Gasteiger partial charge in [0.1, 0.15) is 5.52 Å². The number of amides is 1. The Morgan fingerprint density at radius 3 is 3.04 bits per heavy atom. The average Bonchev–Trinajstić information content (AvgIpc) is 3.20. The molecule has 0 N–H and O–H groups in total. The number of fused-ring (bicyclic) bond motifs is 1. The van der Waals surface area contributed by atoms with Crippen LogP contribution in [0.15, 0.2) is 23.6 Å². The van der Waals surface area contributed by atoms with E-state index in [0.717, 1.165) is 47.7 Å². The molecule has 1 amide bonds. The normalized spacial score (nSPS) is 18.2. The lowest BCUT2D eigenvalue weighted by atomic mass is 9.98. The molecule has 0 saturated carbocycles. The van der Waals surface area contributed by atoms with Gasteiger partial charge < -0.3 is 4.90 Å². The molecular weight excluding hydrogens is 322 g/mol. The van der Waals surface area contributed by atoms with Crippen molar-refractivity contribution in [2.45, 2.75) is 25.7 Å². The second-order valence-electron chi connectivity index (χ2n) is 6.33. The Morgan fingerprint density at radius 1 is 1.38 bits per heavy atom. The first-order valence-corrected chi connectivity index (χ1v) is 9.00. The van der Waals surface area contributed by atoms with Crippen LogP contribution in [-0.4, -0.2) is 43.9 Å². The summed E-state index contributed by atoms with van der Waals surface area (Å²) in [5.41, 5.74) is 3.43. The minimum absolute atomic E-state index is 0.0699. The highest BCUT2D eigenvalue weighted by molar-refractivity contribution is 7.09. The number of rotatable bonds is 2. The molecule has 3 heterocycles. The fraction of sp³-hybridized carbons (Fsp3) is 0.412. The van der Waals surface area contributed by atoms with Gasteiger partial charge in [-0.25, -0.2) is 9.67 Å². The predicted octanol–water partition coefficient (Wildman–Crippen LogP) is 2.75. The molecule has 2 aromatic heterocycles. The first-order chi connectivity index (χ1) is 11.6. The van der Waals surface area contributed by atoms with E-state index >= 15 is 0 Å². The molecular formula is C17H19N5OS. The van der Waals surface area contributed by atoms with Crippen molar-refractivity contribution in [3.63, 3.8) is 0 Å². The second kappa shape index (κ2) is 5.98. The van der Waals surface area contributed by atoms with Crippen LogP contribution in [-0.2, 0) is 7.05 Å². The van der Waals surface area contributed by atoms with Gasteiger partial charge in [0.15, 0.2) is 0 Å². The largest absolute Gasteiger partial charge is 0.338 e. The highest BCUT2D eigenvalue weighted by Crippen LogP contribution is 2.30. The lowest BCUT2D eigenvalue weighted by Crippen LogP contribution is -2.39. The molecule has 0 bridgehead atoms. The van der Waals surface area contributed by atoms with Gasteiger partial charge >= 0.3 is 0 Å². The van der Waals surface area contributed by atoms with Gasteiger partial charge in [0.05, 0.1) is 10.5 Å². The molecule has 1 fully saturated rings. The number of hydrogen-bond donors (Lipinski definition) is 0. The van der Waals surface area contributed by atoms with Crippen LogP contribution in [0.4, 0.5) is 0 Å². The van der Waals surface area contributed by atoms with E-state index in [2.05, 4.69) is 20.7 Å². The zero-order valence-corrected chi connectivity index (χ0v) is 14.6. The summed E-state index contributed by atoms with van der Waals surface area (Å²) >= 11 is 1.70. The highest BCUT2D eigenvalue weighted by atomic mass is 32.1. The second-order valence-corrected chi connectivity index (χ2v) is 7.22. The third-order valence-corrected chi connectivity index (χ3v) is 5.68. The number of carbonyl (C=O) groups is 1. The maximum atomic E-state index is 12.9. The maximum Gasteiger partial charge on any atom is 0.253 e. The van der Waals surface area contributed by atoms with Gasteiger partial charge in [-0.05, 0) is 38.0 Å². The molecule has 0 radical (unpaired) electrons. The van der Waals surface area contributed by atoms with Crippen LogP contribution in [0.3, 0.4) is 0 Å². The molecule has 0 spiro atoms. The number of aromatic nitrogens is 4. The van der Waals surface area contributed by atoms with Gasteiger partial charge in [-0.1, -0.05) is 5.21 Å². The first-order valence-electron chi connectivity index (χ1n) is 8.12. The maximum absolute atomic E-state index is 12.9. The van der Waals surface area contributed by atoms with Crippen molar-refractivity contribution in [3.8, 4) is 0 Å². The van der Waals surface area contributed by atoms with Crippen molar-refractivity contribution in [2.75, 3.05) is 13.1 Å². The number of piperidine rings is 1. The van der Waals surface area contributed by atoms with Crippen molar-refractivity contribution in [3.05, 3.63) is 39.8 Å². The zero-order chi connectivity index (χ0) is 16.7. The van der Waals surface area contributed by atoms with E-state index in [0.29, 0.717) is 11.5 Å². The van der Waals surface area contributed by atoms with Crippen LogP contribution in [0.25, 0.3) is 11.0 Å². The Bertz CT molecular complexity index is 899. The summed E-state index contributed by atoms with van der Waals surface area (Å²) < 4.78 is 1.71. The molecule has 4 rings (SSSR count). The third kappa shape index (κ3) is 2.69. The number of benzene rings is 1. The number of likely N-dealkylation sites (tertiary alicyclic amines) is 1. The summed E-state index contributed by atoms with van der Waals surface area (Å²) in [4.78, 5) is 19.4. The van der Waals surface area contributed by atoms with E-state index < -0.39 is 0 Å². The summed E-state index contributed by atoms with van der Waals surface area (Å²) in [5, 5.41) is 11.3. The number of carbonyl (C=O) groups excluding carboxylic acids is 1. The quantitative estimate of drug-likeness (QED) is 0.719. The minimum atomic E-state index is 0.0699. The molecule has 124 valence electrons. The van der Waals surface area contributed by atoms with Gasteiger partial charge in [-0.15, -0.1) is 16.4 Å². The van der Waals surface area contributed by atoms with E-state index in [-0.39, 0.29) is 5.91 Å². The number of nitrogens with zero attached hydrogens (tertiary/aromatic N) is 5. The van der Waals surface area contributed by atoms with Crippen molar-refractivity contribution in [2.24, 2.45) is 7.05 Å². The highest BCUT2D eigenvalue weighted by Gasteiger charge is 2.27. The van der Waals surface area contributed by atoms with E-state index in [1.54, 1.807) is 16.0 Å². The monoisotopic (exact) mass is 341 g/mol. The van der Waals surface area contributed by atoms with Gasteiger partial charge in [-0.2, -0.15) is 0 Å². The Morgan fingerprint density at radius 2 is 2.25 bits per heavy atom. The van der Waals surface area contributed by atoms with E-state index in [9.17, 15) is 4.79 Å². The van der Waals surface area contributed by atoms with E-state index in [4.69, 9.17) is 0 Å². The average molecular weight is 341 g/mol. The topological polar surface area (TPSA) is 63.9 Å². The van der Waals surface area contributed by atoms with Crippen LogP contribution in [0.5, 0.6) is 0 Å². The molecule has 1 aliphatic rings. The predicted molar refractivity (Wildman–Crippen MR) is 93.2 cm³/mol. The van der Waals surface area contributed by atoms with Crippen LogP contribution in [0, 0.1) is 6.92 Å². The lowest BCUT2D eigenvalue weighted by molar-refractivity contribution is 0.0707. The molecule has 7 heteroatoms. The van der Waals surface area contributed by atoms with E-state index in [1.165, 1.54) is 0 Å². The standard InChI is InChI=1S/C17H19N5OS/c1-11-10-24-16(18-11)13-4-3-7-22(9-13)17(23)12-5-6-15-14(8-12)19-20-21(15)2/h5-6,8,10,13H,3-4,7,9H2,1-2H3. The molecule has 1 saturated heterocycles. The zero-order valence-electron chi connectivity index (χ0n) is 13.8. The molecule has 0 aliphatic carbocycles. The van der Waals surface area contributed by atoms with Gasteiger partial charge in [0.2, 0.25) is 0 Å². The summed E-state index contributed by atoms with van der Waals surface area (Å²) in [6, 6.07) is 5.61. The van der Waals surface area contributed by atoms with Crippen molar-refractivity contribution in [1.82, 2.24) is 24.9 Å². The Labute approximate surface area is 144 Å². The Hall–Kier alpha value is -2.28. The van der Waals surface area contributed by atoms with Crippen LogP contribution >= 0.6 is 11.3 Å². The Kier molecular flexibility index (Phi) is 3.80. The van der Waals surface area contributed by atoms with Gasteiger partial charge in [-0.3, -0.25) is 4.79 Å². The van der Waals surface area contributed by atoms with E-state index in [1.807, 2.05) is 37.1 Å². The molecule has 1 atom stereocenters. The van der Waals surface area contributed by atoms with Crippen LogP contribution < -0.4 is 0 Å². The fourth-order valence-electron chi connectivity index (χ4n) is 3.28. The summed E-state index contributed by atoms with van der Waals surface area (Å²) in [6.07, 6.45) is 2.11. The summed E-state index contributed by atoms with van der Waals surface area (Å²) in [6.45, 7) is 3.56. The molecule has 1 unspecified atom stereocenters. The lowest BCUT2D eigenvalue weighted by Gasteiger charge is -2.32. The number of aryl methyl sites for hydroxylation is 2. The van der Waals surface area contributed by atoms with Crippen molar-refractivity contribution >= 4 is 28.3 Å². The third-order valence-electron chi connectivity index (χ3n) is 4.55. The molecule has 24 heavy (non-hydrogen) atoms. The van der Waals surface area contributed by atoms with Crippen molar-refractivity contribution < 1.29 is 4.79 Å². The Balaban J connectivity index is 1.56. The summed E-state index contributed by atoms with van der Waals surface area (Å²) in [7, 11) is 1.85.